The second kappa shape index (κ2) is 10.2. The lowest BCUT2D eigenvalue weighted by Crippen LogP contribution is -2.48. The van der Waals surface area contributed by atoms with E-state index in [1.165, 1.54) is 23.3 Å². The molecule has 1 aliphatic heterocycles. The number of fused-ring (bicyclic) bond motifs is 1. The van der Waals surface area contributed by atoms with Gasteiger partial charge >= 0.3 is 0 Å². The molecule has 1 saturated carbocycles. The van der Waals surface area contributed by atoms with E-state index in [2.05, 4.69) is 29.3 Å². The molecule has 2 heterocycles. The van der Waals surface area contributed by atoms with Crippen LogP contribution in [0.5, 0.6) is 5.75 Å². The van der Waals surface area contributed by atoms with Crippen LogP contribution in [0.15, 0.2) is 35.7 Å². The van der Waals surface area contributed by atoms with Crippen LogP contribution in [0.25, 0.3) is 0 Å². The first-order chi connectivity index (χ1) is 15.0. The molecule has 0 spiro atoms. The van der Waals surface area contributed by atoms with Gasteiger partial charge in [-0.2, -0.15) is 0 Å². The van der Waals surface area contributed by atoms with E-state index in [1.54, 1.807) is 11.3 Å². The van der Waals surface area contributed by atoms with Crippen molar-refractivity contribution in [1.82, 2.24) is 9.80 Å². The highest BCUT2D eigenvalue weighted by molar-refractivity contribution is 7.10. The number of rotatable bonds is 10. The minimum Gasteiger partial charge on any atom is -0.491 e. The average Bonchev–Trinajstić information content (AvgIpc) is 3.43. The number of hydrogen-bond donors (Lipinski definition) is 1. The molecular weight excluding hydrogens is 408 g/mol. The summed E-state index contributed by atoms with van der Waals surface area (Å²) in [5.41, 5.74) is 2.38. The van der Waals surface area contributed by atoms with E-state index in [9.17, 15) is 9.90 Å². The maximum absolute atomic E-state index is 13.4. The summed E-state index contributed by atoms with van der Waals surface area (Å²) < 4.78 is 6.15. The van der Waals surface area contributed by atoms with Crippen molar-refractivity contribution in [2.45, 2.75) is 51.7 Å². The Morgan fingerprint density at radius 3 is 2.94 bits per heavy atom. The lowest BCUT2D eigenvalue weighted by Gasteiger charge is -2.37. The Morgan fingerprint density at radius 1 is 1.35 bits per heavy atom. The molecular formula is C25H34N2O3S. The monoisotopic (exact) mass is 442 g/mol. The Balaban J connectivity index is 1.46. The highest BCUT2D eigenvalue weighted by Gasteiger charge is 2.34. The molecule has 168 valence electrons. The molecule has 4 rings (SSSR count). The second-order valence-corrected chi connectivity index (χ2v) is 9.98. The molecule has 1 N–H and O–H groups in total. The van der Waals surface area contributed by atoms with Gasteiger partial charge in [0.1, 0.15) is 12.4 Å². The molecule has 0 unspecified atom stereocenters. The minimum atomic E-state index is -0.378. The predicted octanol–water partition coefficient (Wildman–Crippen LogP) is 4.04. The summed E-state index contributed by atoms with van der Waals surface area (Å²) in [6.07, 6.45) is 3.71. The van der Waals surface area contributed by atoms with E-state index < -0.39 is 0 Å². The first-order valence-corrected chi connectivity index (χ1v) is 12.4. The van der Waals surface area contributed by atoms with Gasteiger partial charge in [0.2, 0.25) is 5.91 Å². The summed E-state index contributed by atoms with van der Waals surface area (Å²) in [5, 5.41) is 12.3. The Morgan fingerprint density at radius 2 is 2.19 bits per heavy atom. The first-order valence-electron chi connectivity index (χ1n) is 11.5. The van der Waals surface area contributed by atoms with Crippen LogP contribution < -0.4 is 4.74 Å². The molecule has 31 heavy (non-hydrogen) atoms. The molecule has 0 saturated heterocycles. The van der Waals surface area contributed by atoms with E-state index in [-0.39, 0.29) is 18.1 Å². The number of hydrogen-bond acceptors (Lipinski definition) is 5. The summed E-state index contributed by atoms with van der Waals surface area (Å²) in [6, 6.07) is 10.1. The van der Waals surface area contributed by atoms with Gasteiger partial charge in [0.05, 0.1) is 18.7 Å². The number of carbonyl (C=O) groups is 1. The topological polar surface area (TPSA) is 53.0 Å². The molecule has 1 fully saturated rings. The summed E-state index contributed by atoms with van der Waals surface area (Å²) in [6.45, 7) is 7.07. The zero-order chi connectivity index (χ0) is 21.8. The molecule has 6 heteroatoms. The van der Waals surface area contributed by atoms with Crippen LogP contribution in [0.2, 0.25) is 0 Å². The smallest absolute Gasteiger partial charge is 0.237 e. The molecule has 2 atom stereocenters. The van der Waals surface area contributed by atoms with E-state index in [0.717, 1.165) is 30.8 Å². The normalized spacial score (nSPS) is 19.4. The number of aliphatic hydroxyl groups is 1. The highest BCUT2D eigenvalue weighted by Crippen LogP contribution is 2.34. The van der Waals surface area contributed by atoms with E-state index in [0.29, 0.717) is 32.0 Å². The van der Waals surface area contributed by atoms with E-state index in [4.69, 9.17) is 4.74 Å². The first kappa shape index (κ1) is 22.3. The predicted molar refractivity (Wildman–Crippen MR) is 125 cm³/mol. The molecule has 1 aromatic carbocycles. The van der Waals surface area contributed by atoms with Gasteiger partial charge in [-0.15, -0.1) is 11.3 Å². The van der Waals surface area contributed by atoms with Gasteiger partial charge < -0.3 is 14.7 Å². The van der Waals surface area contributed by atoms with Gasteiger partial charge in [-0.05, 0) is 73.2 Å². The summed E-state index contributed by atoms with van der Waals surface area (Å²) >= 11 is 1.77. The van der Waals surface area contributed by atoms with Crippen molar-refractivity contribution in [3.63, 3.8) is 0 Å². The van der Waals surface area contributed by atoms with Crippen LogP contribution in [0.1, 0.15) is 48.2 Å². The third-order valence-corrected chi connectivity index (χ3v) is 7.32. The standard InChI is InChI=1S/C25H34N2O3S/c1-3-20(28)15-26(14-19-7-8-19)16-25(29)27-11-9-24-22(10-12-31-24)23(27)17-30-21-6-4-5-18(2)13-21/h4-6,10,12-13,19-20,23,28H,3,7-9,11,14-17H2,1-2H3/t20-,23+/m0/s1. The van der Waals surface area contributed by atoms with Gasteiger partial charge in [-0.25, -0.2) is 0 Å². The molecule has 1 amide bonds. The Bertz CT molecular complexity index is 879. The van der Waals surface area contributed by atoms with E-state index >= 15 is 0 Å². The fraction of sp³-hybridized carbons (Fsp3) is 0.560. The number of carbonyl (C=O) groups excluding carboxylic acids is 1. The van der Waals surface area contributed by atoms with Crippen molar-refractivity contribution < 1.29 is 14.6 Å². The largest absolute Gasteiger partial charge is 0.491 e. The van der Waals surface area contributed by atoms with Gasteiger partial charge in [0.25, 0.3) is 0 Å². The van der Waals surface area contributed by atoms with Crippen molar-refractivity contribution in [3.8, 4) is 5.75 Å². The van der Waals surface area contributed by atoms with Crippen molar-refractivity contribution in [1.29, 1.82) is 0 Å². The lowest BCUT2D eigenvalue weighted by molar-refractivity contribution is -0.136. The number of aliphatic hydroxyl groups excluding tert-OH is 1. The third kappa shape index (κ3) is 5.88. The van der Waals surface area contributed by atoms with Crippen molar-refractivity contribution in [3.05, 3.63) is 51.7 Å². The lowest BCUT2D eigenvalue weighted by atomic mass is 10.0. The van der Waals surface area contributed by atoms with Gasteiger partial charge in [0, 0.05) is 24.5 Å². The van der Waals surface area contributed by atoms with Crippen LogP contribution in [0.3, 0.4) is 0 Å². The summed E-state index contributed by atoms with van der Waals surface area (Å²) in [7, 11) is 0. The van der Waals surface area contributed by atoms with Crippen LogP contribution in [0, 0.1) is 12.8 Å². The number of ether oxygens (including phenoxy) is 1. The van der Waals surface area contributed by atoms with Crippen LogP contribution >= 0.6 is 11.3 Å². The molecule has 5 nitrogen and oxygen atoms in total. The van der Waals surface area contributed by atoms with E-state index in [1.807, 2.05) is 30.0 Å². The third-order valence-electron chi connectivity index (χ3n) is 6.33. The number of amides is 1. The molecule has 0 bridgehead atoms. The van der Waals surface area contributed by atoms with Gasteiger partial charge in [-0.1, -0.05) is 19.1 Å². The molecule has 2 aliphatic rings. The van der Waals surface area contributed by atoms with Crippen molar-refractivity contribution in [2.24, 2.45) is 5.92 Å². The fourth-order valence-electron chi connectivity index (χ4n) is 4.33. The number of nitrogens with zero attached hydrogens (tertiary/aromatic N) is 2. The number of aryl methyl sites for hydroxylation is 1. The van der Waals surface area contributed by atoms with Crippen molar-refractivity contribution >= 4 is 17.2 Å². The quantitative estimate of drug-likeness (QED) is 0.603. The summed E-state index contributed by atoms with van der Waals surface area (Å²) in [4.78, 5) is 19.0. The zero-order valence-electron chi connectivity index (χ0n) is 18.6. The molecule has 2 aromatic rings. The molecule has 0 radical (unpaired) electrons. The second-order valence-electron chi connectivity index (χ2n) is 8.98. The van der Waals surface area contributed by atoms with Crippen LogP contribution in [0.4, 0.5) is 0 Å². The molecule has 1 aliphatic carbocycles. The summed E-state index contributed by atoms with van der Waals surface area (Å²) in [5.74, 6) is 1.66. The van der Waals surface area contributed by atoms with Crippen LogP contribution in [-0.4, -0.2) is 59.7 Å². The molecule has 1 aromatic heterocycles. The highest BCUT2D eigenvalue weighted by atomic mass is 32.1. The maximum atomic E-state index is 13.4. The number of benzene rings is 1. The maximum Gasteiger partial charge on any atom is 0.237 e. The Kier molecular flexibility index (Phi) is 7.31. The van der Waals surface area contributed by atoms with Crippen LogP contribution in [-0.2, 0) is 11.2 Å². The van der Waals surface area contributed by atoms with Gasteiger partial charge in [0.15, 0.2) is 0 Å². The SMILES string of the molecule is CC[C@H](O)CN(CC(=O)N1CCc2sccc2[C@H]1COc1cccc(C)c1)CC1CC1. The Labute approximate surface area is 189 Å². The number of thiophene rings is 1. The van der Waals surface area contributed by atoms with Gasteiger partial charge in [-0.3, -0.25) is 9.69 Å². The minimum absolute atomic E-state index is 0.0677. The zero-order valence-corrected chi connectivity index (χ0v) is 19.4. The average molecular weight is 443 g/mol. The Hall–Kier alpha value is -1.89. The fourth-order valence-corrected chi connectivity index (χ4v) is 5.26. The van der Waals surface area contributed by atoms with Crippen molar-refractivity contribution in [2.75, 3.05) is 32.8 Å².